The number of sulfone groups is 2. The SMILES string of the molecule is C#CCN(CCOP(=O)(O)OCC[N+](C)(C)C)C(=O)c1cc(C#N)c(S(C)(=O)=O)nc1S(C)(=O)=O. The Balaban J connectivity index is 3.23. The second-order valence-corrected chi connectivity index (χ2v) is 13.7. The Hall–Kier alpha value is -2.36. The number of phosphoric acid groups is 1. The number of nitriles is 1. The normalized spacial score (nSPS) is 13.9. The summed E-state index contributed by atoms with van der Waals surface area (Å²) < 4.78 is 70.7. The molecule has 0 aliphatic heterocycles. The number of phosphoric ester groups is 1. The van der Waals surface area contributed by atoms with Crippen molar-refractivity contribution in [2.45, 2.75) is 10.1 Å². The van der Waals surface area contributed by atoms with Crippen molar-refractivity contribution in [1.82, 2.24) is 9.88 Å². The molecule has 1 unspecified atom stereocenters. The Kier molecular flexibility index (Phi) is 10.2. The number of hydrogen-bond donors (Lipinski definition) is 1. The number of nitrogens with zero attached hydrogens (tertiary/aromatic N) is 4. The van der Waals surface area contributed by atoms with E-state index in [1.54, 1.807) is 6.07 Å². The molecular weight excluding hydrogens is 523 g/mol. The van der Waals surface area contributed by atoms with Gasteiger partial charge in [-0.1, -0.05) is 5.92 Å². The van der Waals surface area contributed by atoms with Crippen molar-refractivity contribution in [3.63, 3.8) is 0 Å². The molecule has 16 heteroatoms. The quantitative estimate of drug-likeness (QED) is 0.204. The Morgan fingerprint density at radius 2 is 1.71 bits per heavy atom. The lowest BCUT2D eigenvalue weighted by atomic mass is 10.2. The third-order valence-electron chi connectivity index (χ3n) is 4.21. The first kappa shape index (κ1) is 30.7. The van der Waals surface area contributed by atoms with Crippen LogP contribution in [0.1, 0.15) is 15.9 Å². The topological polar surface area (TPSA) is 181 Å². The van der Waals surface area contributed by atoms with E-state index in [4.69, 9.17) is 15.5 Å². The van der Waals surface area contributed by atoms with E-state index in [0.29, 0.717) is 17.3 Å². The zero-order valence-electron chi connectivity index (χ0n) is 20.0. The number of hydrogen-bond acceptors (Lipinski definition) is 10. The molecular formula is C19H28N4O9PS2+. The van der Waals surface area contributed by atoms with Crippen LogP contribution in [-0.2, 0) is 33.3 Å². The van der Waals surface area contributed by atoms with Crippen LogP contribution in [0.5, 0.6) is 0 Å². The summed E-state index contributed by atoms with van der Waals surface area (Å²) in [7, 11) is -7.20. The van der Waals surface area contributed by atoms with Crippen LogP contribution in [0.25, 0.3) is 0 Å². The van der Waals surface area contributed by atoms with Gasteiger partial charge in [0.1, 0.15) is 19.2 Å². The molecule has 0 fully saturated rings. The number of carbonyl (C=O) groups is 1. The van der Waals surface area contributed by atoms with Crippen molar-refractivity contribution in [3.8, 4) is 18.4 Å². The number of amides is 1. The molecule has 1 N–H and O–H groups in total. The standard InChI is InChI=1S/C19H27N4O9PS2/c1-7-8-22(9-11-31-33(25,26)32-12-10-23(2,3)4)19(24)16-13-15(14-20)17(34(5,27)28)21-18(16)35(6,29)30/h1,13H,8-12H2,2-6H3/p+1. The highest BCUT2D eigenvalue weighted by molar-refractivity contribution is 7.91. The molecule has 0 saturated carbocycles. The van der Waals surface area contributed by atoms with E-state index >= 15 is 0 Å². The first-order valence-corrected chi connectivity index (χ1v) is 15.1. The molecule has 1 atom stereocenters. The summed E-state index contributed by atoms with van der Waals surface area (Å²) in [6.07, 6.45) is 6.74. The molecule has 1 amide bonds. The zero-order chi connectivity index (χ0) is 27.2. The third-order valence-corrected chi connectivity index (χ3v) is 7.25. The van der Waals surface area contributed by atoms with E-state index in [-0.39, 0.29) is 19.7 Å². The van der Waals surface area contributed by atoms with Gasteiger partial charge in [-0.25, -0.2) is 26.4 Å². The van der Waals surface area contributed by atoms with Gasteiger partial charge in [-0.3, -0.25) is 13.8 Å². The minimum absolute atomic E-state index is 0.0721. The molecule has 0 radical (unpaired) electrons. The highest BCUT2D eigenvalue weighted by atomic mass is 32.2. The van der Waals surface area contributed by atoms with Gasteiger partial charge in [0.15, 0.2) is 29.7 Å². The fraction of sp³-hybridized carbons (Fsp3) is 0.526. The summed E-state index contributed by atoms with van der Waals surface area (Å²) in [5.74, 6) is 1.19. The molecule has 1 rings (SSSR count). The molecule has 1 aromatic rings. The van der Waals surface area contributed by atoms with Crippen LogP contribution in [0.4, 0.5) is 0 Å². The Labute approximate surface area is 205 Å². The first-order valence-electron chi connectivity index (χ1n) is 9.82. The van der Waals surface area contributed by atoms with E-state index < -0.39 is 61.2 Å². The predicted octanol–water partition coefficient (Wildman–Crippen LogP) is -0.325. The average Bonchev–Trinajstić information content (AvgIpc) is 2.69. The summed E-state index contributed by atoms with van der Waals surface area (Å²) in [6, 6.07) is 2.38. The number of quaternary nitrogens is 1. The van der Waals surface area contributed by atoms with Gasteiger partial charge in [-0.05, 0) is 6.07 Å². The number of pyridine rings is 1. The van der Waals surface area contributed by atoms with Gasteiger partial charge in [0.2, 0.25) is 0 Å². The summed E-state index contributed by atoms with van der Waals surface area (Å²) in [5.41, 5.74) is -1.12. The number of likely N-dealkylation sites (N-methyl/N-ethyl adjacent to an activating group) is 1. The highest BCUT2D eigenvalue weighted by Gasteiger charge is 2.30. The Morgan fingerprint density at radius 3 is 2.17 bits per heavy atom. The van der Waals surface area contributed by atoms with Gasteiger partial charge in [0.25, 0.3) is 5.91 Å². The molecule has 35 heavy (non-hydrogen) atoms. The summed E-state index contributed by atoms with van der Waals surface area (Å²) >= 11 is 0. The highest BCUT2D eigenvalue weighted by Crippen LogP contribution is 2.42. The second kappa shape index (κ2) is 11.6. The molecule has 0 bridgehead atoms. The third kappa shape index (κ3) is 9.66. The molecule has 0 saturated heterocycles. The zero-order valence-corrected chi connectivity index (χ0v) is 22.5. The average molecular weight is 552 g/mol. The summed E-state index contributed by atoms with van der Waals surface area (Å²) in [6.45, 7) is -0.872. The van der Waals surface area contributed by atoms with Crippen molar-refractivity contribution >= 4 is 33.4 Å². The van der Waals surface area contributed by atoms with Crippen molar-refractivity contribution in [2.75, 3.05) is 66.5 Å². The van der Waals surface area contributed by atoms with E-state index in [1.165, 1.54) is 0 Å². The van der Waals surface area contributed by atoms with Crippen LogP contribution in [-0.4, -0.2) is 109 Å². The minimum Gasteiger partial charge on any atom is -0.329 e. The van der Waals surface area contributed by atoms with E-state index in [1.807, 2.05) is 21.1 Å². The largest absolute Gasteiger partial charge is 0.472 e. The number of rotatable bonds is 12. The van der Waals surface area contributed by atoms with Gasteiger partial charge in [0.05, 0.1) is 45.4 Å². The molecule has 1 aromatic heterocycles. The molecule has 0 aliphatic carbocycles. The lowest BCUT2D eigenvalue weighted by Gasteiger charge is -2.24. The van der Waals surface area contributed by atoms with Gasteiger partial charge in [-0.15, -0.1) is 6.42 Å². The van der Waals surface area contributed by atoms with E-state index in [9.17, 15) is 36.4 Å². The van der Waals surface area contributed by atoms with E-state index in [2.05, 4.69) is 10.9 Å². The molecule has 0 aliphatic rings. The predicted molar refractivity (Wildman–Crippen MR) is 125 cm³/mol. The fourth-order valence-corrected chi connectivity index (χ4v) is 4.87. The summed E-state index contributed by atoms with van der Waals surface area (Å²) in [5, 5.41) is 7.67. The van der Waals surface area contributed by atoms with Gasteiger partial charge < -0.3 is 14.3 Å². The fourth-order valence-electron chi connectivity index (χ4n) is 2.55. The van der Waals surface area contributed by atoms with Gasteiger partial charge in [-0.2, -0.15) is 5.26 Å². The molecule has 1 heterocycles. The van der Waals surface area contributed by atoms with Crippen LogP contribution in [0.3, 0.4) is 0 Å². The Morgan fingerprint density at radius 1 is 1.17 bits per heavy atom. The summed E-state index contributed by atoms with van der Waals surface area (Å²) in [4.78, 5) is 27.4. The van der Waals surface area contributed by atoms with Crippen LogP contribution in [0.2, 0.25) is 0 Å². The first-order chi connectivity index (χ1) is 15.8. The van der Waals surface area contributed by atoms with Crippen LogP contribution >= 0.6 is 7.82 Å². The van der Waals surface area contributed by atoms with Gasteiger partial charge >= 0.3 is 7.82 Å². The lowest BCUT2D eigenvalue weighted by molar-refractivity contribution is -0.870. The van der Waals surface area contributed by atoms with Crippen LogP contribution < -0.4 is 0 Å². The lowest BCUT2D eigenvalue weighted by Crippen LogP contribution is -2.37. The number of carbonyl (C=O) groups excluding carboxylic acids is 1. The number of terminal acetylenes is 1. The Bertz CT molecular complexity index is 1310. The van der Waals surface area contributed by atoms with Crippen LogP contribution in [0.15, 0.2) is 16.1 Å². The molecule has 13 nitrogen and oxygen atoms in total. The maximum Gasteiger partial charge on any atom is 0.472 e. The van der Waals surface area contributed by atoms with Crippen LogP contribution in [0, 0.1) is 23.7 Å². The molecule has 0 spiro atoms. The minimum atomic E-state index is -4.45. The van der Waals surface area contributed by atoms with E-state index in [0.717, 1.165) is 17.2 Å². The molecule has 0 aromatic carbocycles. The smallest absolute Gasteiger partial charge is 0.329 e. The van der Waals surface area contributed by atoms with Crippen molar-refractivity contribution in [1.29, 1.82) is 5.26 Å². The van der Waals surface area contributed by atoms with Crippen molar-refractivity contribution in [3.05, 3.63) is 17.2 Å². The maximum atomic E-state index is 13.1. The van der Waals surface area contributed by atoms with Gasteiger partial charge in [0, 0.05) is 19.1 Å². The van der Waals surface area contributed by atoms with Crippen molar-refractivity contribution < 1.29 is 44.6 Å². The number of aromatic nitrogens is 1. The second-order valence-electron chi connectivity index (χ2n) is 8.43. The monoisotopic (exact) mass is 551 g/mol. The maximum absolute atomic E-state index is 13.1. The van der Waals surface area contributed by atoms with Crippen molar-refractivity contribution in [2.24, 2.45) is 0 Å². The molecule has 194 valence electrons.